The van der Waals surface area contributed by atoms with Crippen LogP contribution in [-0.4, -0.2) is 47.7 Å². The van der Waals surface area contributed by atoms with Gasteiger partial charge >= 0.3 is 0 Å². The summed E-state index contributed by atoms with van der Waals surface area (Å²) in [6.07, 6.45) is -0.239. The molecule has 0 bridgehead atoms. The highest BCUT2D eigenvalue weighted by atomic mass is 32.2. The average Bonchev–Trinajstić information content (AvgIpc) is 2.77. The van der Waals surface area contributed by atoms with Crippen LogP contribution in [0.2, 0.25) is 0 Å². The number of hydrogen-bond donors (Lipinski definition) is 5. The molecule has 1 fully saturated rings. The van der Waals surface area contributed by atoms with E-state index in [-0.39, 0.29) is 17.2 Å². The molecule has 32 heavy (non-hydrogen) atoms. The Morgan fingerprint density at radius 2 is 1.84 bits per heavy atom. The van der Waals surface area contributed by atoms with E-state index in [1.54, 1.807) is 0 Å². The molecule has 2 aromatic carbocycles. The molecule has 0 saturated carbocycles. The van der Waals surface area contributed by atoms with Gasteiger partial charge in [0, 0.05) is 12.1 Å². The second-order valence-electron chi connectivity index (χ2n) is 7.06. The van der Waals surface area contributed by atoms with Crippen LogP contribution in [0.4, 0.5) is 8.78 Å². The van der Waals surface area contributed by atoms with Crippen molar-refractivity contribution in [2.24, 2.45) is 5.73 Å². The lowest BCUT2D eigenvalue weighted by Crippen LogP contribution is -2.70. The molecule has 170 valence electrons. The van der Waals surface area contributed by atoms with E-state index in [4.69, 9.17) is 5.73 Å². The maximum Gasteiger partial charge on any atom is 0.252 e. The minimum absolute atomic E-state index is 0.0886. The zero-order valence-electron chi connectivity index (χ0n) is 16.9. The number of rotatable bonds is 8. The van der Waals surface area contributed by atoms with Gasteiger partial charge in [0.2, 0.25) is 11.8 Å². The molecule has 2 aromatic rings. The van der Waals surface area contributed by atoms with Gasteiger partial charge in [-0.25, -0.2) is 8.78 Å². The molecule has 3 rings (SSSR count). The number of benzene rings is 2. The number of nitrogens with two attached hydrogens (primary N) is 1. The van der Waals surface area contributed by atoms with Crippen molar-refractivity contribution < 1.29 is 23.2 Å². The number of halogens is 2. The number of thioether (sulfide) groups is 1. The predicted molar refractivity (Wildman–Crippen MR) is 116 cm³/mol. The Morgan fingerprint density at radius 1 is 1.09 bits per heavy atom. The third-order valence-corrected chi connectivity index (χ3v) is 5.70. The molecule has 1 heterocycles. The summed E-state index contributed by atoms with van der Waals surface area (Å²) in [5.74, 6) is -3.69. The highest BCUT2D eigenvalue weighted by molar-refractivity contribution is 8.00. The number of amides is 3. The molecule has 11 heteroatoms. The smallest absolute Gasteiger partial charge is 0.252 e. The van der Waals surface area contributed by atoms with Crippen molar-refractivity contribution in [1.29, 1.82) is 0 Å². The van der Waals surface area contributed by atoms with Gasteiger partial charge in [-0.1, -0.05) is 30.3 Å². The van der Waals surface area contributed by atoms with E-state index in [1.165, 1.54) is 0 Å². The van der Waals surface area contributed by atoms with Gasteiger partial charge in [0.15, 0.2) is 11.6 Å². The molecule has 1 aliphatic heterocycles. The van der Waals surface area contributed by atoms with E-state index >= 15 is 0 Å². The summed E-state index contributed by atoms with van der Waals surface area (Å²) >= 11 is 1.14. The maximum absolute atomic E-state index is 13.3. The van der Waals surface area contributed by atoms with Crippen molar-refractivity contribution in [2.75, 3.05) is 12.3 Å². The second-order valence-corrected chi connectivity index (χ2v) is 8.15. The predicted octanol–water partition coefficient (Wildman–Crippen LogP) is 0.443. The van der Waals surface area contributed by atoms with E-state index in [0.29, 0.717) is 13.0 Å². The molecule has 0 aromatic heterocycles. The summed E-state index contributed by atoms with van der Waals surface area (Å²) in [5.41, 5.74) is 6.29. The second kappa shape index (κ2) is 11.0. The first-order chi connectivity index (χ1) is 15.3. The van der Waals surface area contributed by atoms with Gasteiger partial charge in [0.25, 0.3) is 5.91 Å². The van der Waals surface area contributed by atoms with E-state index < -0.39 is 41.2 Å². The summed E-state index contributed by atoms with van der Waals surface area (Å²) in [6, 6.07) is 11.3. The topological polar surface area (TPSA) is 125 Å². The Labute approximate surface area is 187 Å². The highest BCUT2D eigenvalue weighted by Crippen LogP contribution is 2.13. The lowest BCUT2D eigenvalue weighted by Gasteiger charge is -2.35. The lowest BCUT2D eigenvalue weighted by atomic mass is 10.1. The fourth-order valence-electron chi connectivity index (χ4n) is 3.00. The van der Waals surface area contributed by atoms with Crippen molar-refractivity contribution >= 4 is 29.5 Å². The lowest BCUT2D eigenvalue weighted by molar-refractivity contribution is -0.125. The van der Waals surface area contributed by atoms with Crippen molar-refractivity contribution in [3.05, 3.63) is 71.3 Å². The molecule has 0 radical (unpaired) electrons. The quantitative estimate of drug-likeness (QED) is 0.387. The van der Waals surface area contributed by atoms with E-state index in [1.807, 2.05) is 30.3 Å². The number of carbonyl (C=O) groups is 3. The number of hydrogen-bond acceptors (Lipinski definition) is 6. The maximum atomic E-state index is 13.3. The molecule has 6 N–H and O–H groups in total. The highest BCUT2D eigenvalue weighted by Gasteiger charge is 2.35. The normalized spacial score (nSPS) is 20.3. The molecule has 0 aliphatic carbocycles. The molecular weight excluding hydrogens is 440 g/mol. The zero-order valence-corrected chi connectivity index (χ0v) is 17.8. The van der Waals surface area contributed by atoms with Crippen molar-refractivity contribution in [2.45, 2.75) is 24.1 Å². The number of nitrogens with one attached hydrogen (secondary N) is 4. The van der Waals surface area contributed by atoms with Crippen LogP contribution in [0.5, 0.6) is 0 Å². The molecule has 8 nitrogen and oxygen atoms in total. The van der Waals surface area contributed by atoms with Crippen LogP contribution >= 0.6 is 11.8 Å². The summed E-state index contributed by atoms with van der Waals surface area (Å²) in [5, 5.41) is 10.7. The van der Waals surface area contributed by atoms with Crippen LogP contribution in [0.3, 0.4) is 0 Å². The molecule has 0 spiro atoms. The van der Waals surface area contributed by atoms with Crippen LogP contribution in [0.1, 0.15) is 15.9 Å². The third kappa shape index (κ3) is 6.49. The minimum Gasteiger partial charge on any atom is -0.355 e. The molecular formula is C21H23F2N5O3S. The number of carbonyl (C=O) groups excluding carboxylic acids is 3. The average molecular weight is 464 g/mol. The van der Waals surface area contributed by atoms with Gasteiger partial charge in [-0.15, -0.1) is 11.8 Å². The van der Waals surface area contributed by atoms with Gasteiger partial charge in [-0.3, -0.25) is 19.7 Å². The Morgan fingerprint density at radius 3 is 2.53 bits per heavy atom. The van der Waals surface area contributed by atoms with E-state index in [9.17, 15) is 23.2 Å². The first kappa shape index (κ1) is 23.6. The molecule has 1 aliphatic rings. The van der Waals surface area contributed by atoms with Crippen LogP contribution < -0.4 is 27.0 Å². The van der Waals surface area contributed by atoms with Crippen molar-refractivity contribution in [3.63, 3.8) is 0 Å². The van der Waals surface area contributed by atoms with Gasteiger partial charge < -0.3 is 21.7 Å². The first-order valence-electron chi connectivity index (χ1n) is 9.83. The molecule has 3 atom stereocenters. The zero-order chi connectivity index (χ0) is 23.1. The van der Waals surface area contributed by atoms with Crippen LogP contribution in [0.15, 0.2) is 48.5 Å². The Balaban J connectivity index is 1.42. The van der Waals surface area contributed by atoms with Crippen LogP contribution in [0.25, 0.3) is 0 Å². The standard InChI is InChI=1S/C21H23F2N5O3S/c22-14-7-6-13(10-15(14)23)19(30)26-17-18(24)27-21(28-20(17)31)32-11-16(29)25-9-8-12-4-2-1-3-5-12/h1-7,10,17-18,21,27H,8-9,11,24H2,(H,25,29)(H,26,30)(H,28,31). The summed E-state index contributed by atoms with van der Waals surface area (Å²) < 4.78 is 26.4. The molecule has 3 unspecified atom stereocenters. The van der Waals surface area contributed by atoms with Crippen LogP contribution in [-0.2, 0) is 16.0 Å². The first-order valence-corrected chi connectivity index (χ1v) is 10.9. The molecule has 3 amide bonds. The van der Waals surface area contributed by atoms with Gasteiger partial charge in [0.1, 0.15) is 11.5 Å². The Hall–Kier alpha value is -3.02. The summed E-state index contributed by atoms with van der Waals surface area (Å²) in [6.45, 7) is 0.492. The van der Waals surface area contributed by atoms with Crippen molar-refractivity contribution in [3.8, 4) is 0 Å². The fourth-order valence-corrected chi connectivity index (χ4v) is 3.88. The van der Waals surface area contributed by atoms with Gasteiger partial charge in [-0.05, 0) is 30.2 Å². The fraction of sp³-hybridized carbons (Fsp3) is 0.286. The minimum atomic E-state index is -1.17. The Bertz CT molecular complexity index is 979. The SMILES string of the molecule is NC1NC(SCC(=O)NCCc2ccccc2)NC(=O)C1NC(=O)c1ccc(F)c(F)c1. The van der Waals surface area contributed by atoms with Crippen molar-refractivity contribution in [1.82, 2.24) is 21.3 Å². The van der Waals surface area contributed by atoms with E-state index in [2.05, 4.69) is 21.3 Å². The largest absolute Gasteiger partial charge is 0.355 e. The summed E-state index contributed by atoms with van der Waals surface area (Å²) in [7, 11) is 0. The monoisotopic (exact) mass is 463 g/mol. The Kier molecular flexibility index (Phi) is 8.14. The summed E-state index contributed by atoms with van der Waals surface area (Å²) in [4.78, 5) is 36.7. The molecule has 1 saturated heterocycles. The van der Waals surface area contributed by atoms with Gasteiger partial charge in [0.05, 0.1) is 11.9 Å². The third-order valence-electron chi connectivity index (χ3n) is 4.69. The van der Waals surface area contributed by atoms with Crippen LogP contribution in [0, 0.1) is 11.6 Å². The van der Waals surface area contributed by atoms with Gasteiger partial charge in [-0.2, -0.15) is 0 Å². The van der Waals surface area contributed by atoms with E-state index in [0.717, 1.165) is 35.5 Å².